The van der Waals surface area contributed by atoms with E-state index in [-0.39, 0.29) is 10.8 Å². The molecule has 4 aromatic rings. The van der Waals surface area contributed by atoms with Crippen molar-refractivity contribution in [1.29, 1.82) is 0 Å². The van der Waals surface area contributed by atoms with Crippen LogP contribution in [0, 0.1) is 6.92 Å². The highest BCUT2D eigenvalue weighted by Gasteiger charge is 2.24. The minimum absolute atomic E-state index is 0.0113. The predicted octanol–water partition coefficient (Wildman–Crippen LogP) is 3.53. The standard InChI is InChI=1S/C25H25N5O4S/c1-17-13-14-30-22(15-17)27-24(19-7-5-4-6-8-19)25(30)28-23(32)16-29(3)35(33,34)21-11-9-20(10-12-21)26-18(2)31/h4-15H,16H2,1-3H3,(H,26,31)(H,28,32). The number of fused-ring (bicyclic) bond motifs is 1. The molecule has 0 radical (unpaired) electrons. The fraction of sp³-hybridized carbons (Fsp3) is 0.160. The van der Waals surface area contributed by atoms with E-state index in [0.717, 1.165) is 15.4 Å². The molecule has 0 aliphatic carbocycles. The summed E-state index contributed by atoms with van der Waals surface area (Å²) in [6.07, 6.45) is 1.82. The van der Waals surface area contributed by atoms with Gasteiger partial charge in [-0.05, 0) is 48.9 Å². The maximum Gasteiger partial charge on any atom is 0.243 e. The first-order chi connectivity index (χ1) is 16.6. The van der Waals surface area contributed by atoms with E-state index in [9.17, 15) is 18.0 Å². The van der Waals surface area contributed by atoms with Crippen LogP contribution in [0.2, 0.25) is 0 Å². The second kappa shape index (κ2) is 9.69. The van der Waals surface area contributed by atoms with Gasteiger partial charge in [0.25, 0.3) is 0 Å². The topological polar surface area (TPSA) is 113 Å². The van der Waals surface area contributed by atoms with Gasteiger partial charge in [-0.3, -0.25) is 14.0 Å². The molecule has 0 saturated carbocycles. The van der Waals surface area contributed by atoms with Gasteiger partial charge >= 0.3 is 0 Å². The molecule has 2 N–H and O–H groups in total. The van der Waals surface area contributed by atoms with Crippen LogP contribution < -0.4 is 10.6 Å². The summed E-state index contributed by atoms with van der Waals surface area (Å²) in [4.78, 5) is 28.8. The zero-order valence-corrected chi connectivity index (χ0v) is 20.3. The normalized spacial score (nSPS) is 11.5. The van der Waals surface area contributed by atoms with Crippen molar-refractivity contribution < 1.29 is 18.0 Å². The smallest absolute Gasteiger partial charge is 0.243 e. The number of benzene rings is 2. The molecule has 0 spiro atoms. The lowest BCUT2D eigenvalue weighted by atomic mass is 10.1. The molecule has 35 heavy (non-hydrogen) atoms. The van der Waals surface area contributed by atoms with Crippen molar-refractivity contribution in [3.63, 3.8) is 0 Å². The number of amides is 2. The Morgan fingerprint density at radius 1 is 1.00 bits per heavy atom. The van der Waals surface area contributed by atoms with Gasteiger partial charge in [0.15, 0.2) is 0 Å². The average molecular weight is 492 g/mol. The zero-order valence-electron chi connectivity index (χ0n) is 19.5. The molecular formula is C25H25N5O4S. The number of anilines is 2. The molecule has 0 aliphatic heterocycles. The van der Waals surface area contributed by atoms with Crippen molar-refractivity contribution in [1.82, 2.24) is 13.7 Å². The van der Waals surface area contributed by atoms with Gasteiger partial charge in [0.1, 0.15) is 17.2 Å². The number of likely N-dealkylation sites (N-methyl/N-ethyl adjacent to an activating group) is 1. The highest BCUT2D eigenvalue weighted by Crippen LogP contribution is 2.29. The highest BCUT2D eigenvalue weighted by atomic mass is 32.2. The number of nitrogens with zero attached hydrogens (tertiary/aromatic N) is 3. The number of nitrogens with one attached hydrogen (secondary N) is 2. The quantitative estimate of drug-likeness (QED) is 0.411. The summed E-state index contributed by atoms with van der Waals surface area (Å²) in [5, 5.41) is 5.43. The number of imidazole rings is 1. The Morgan fingerprint density at radius 3 is 2.34 bits per heavy atom. The average Bonchev–Trinajstić information content (AvgIpc) is 3.16. The third-order valence-corrected chi connectivity index (χ3v) is 7.15. The van der Waals surface area contributed by atoms with Crippen LogP contribution in [0.15, 0.2) is 77.8 Å². The summed E-state index contributed by atoms with van der Waals surface area (Å²) in [6, 6.07) is 19.0. The minimum atomic E-state index is -3.93. The third kappa shape index (κ3) is 5.23. The molecule has 2 heterocycles. The lowest BCUT2D eigenvalue weighted by molar-refractivity contribution is -0.116. The highest BCUT2D eigenvalue weighted by molar-refractivity contribution is 7.89. The number of rotatable bonds is 7. The molecule has 9 nitrogen and oxygen atoms in total. The molecule has 2 amide bonds. The van der Waals surface area contributed by atoms with E-state index in [1.165, 1.54) is 38.2 Å². The second-order valence-electron chi connectivity index (χ2n) is 8.12. The first-order valence-electron chi connectivity index (χ1n) is 10.8. The molecule has 180 valence electrons. The molecule has 0 atom stereocenters. The van der Waals surface area contributed by atoms with Crippen LogP contribution >= 0.6 is 0 Å². The number of hydrogen-bond donors (Lipinski definition) is 2. The van der Waals surface area contributed by atoms with E-state index < -0.39 is 22.5 Å². The van der Waals surface area contributed by atoms with Crippen LogP contribution in [0.4, 0.5) is 11.5 Å². The zero-order chi connectivity index (χ0) is 25.2. The molecule has 10 heteroatoms. The van der Waals surface area contributed by atoms with E-state index in [0.29, 0.717) is 22.8 Å². The summed E-state index contributed by atoms with van der Waals surface area (Å²) in [5.41, 5.74) is 3.58. The van der Waals surface area contributed by atoms with E-state index in [4.69, 9.17) is 0 Å². The predicted molar refractivity (Wildman–Crippen MR) is 135 cm³/mol. The van der Waals surface area contributed by atoms with Crippen molar-refractivity contribution >= 4 is 39.0 Å². The van der Waals surface area contributed by atoms with Crippen LogP contribution in [-0.4, -0.2) is 47.5 Å². The Kier molecular flexibility index (Phi) is 6.68. The monoisotopic (exact) mass is 491 g/mol. The maximum atomic E-state index is 13.0. The summed E-state index contributed by atoms with van der Waals surface area (Å²) < 4.78 is 28.7. The number of aromatic nitrogens is 2. The number of aryl methyl sites for hydroxylation is 1. The number of carbonyl (C=O) groups is 2. The summed E-state index contributed by atoms with van der Waals surface area (Å²) >= 11 is 0. The fourth-order valence-electron chi connectivity index (χ4n) is 3.62. The van der Waals surface area contributed by atoms with Gasteiger partial charge in [-0.1, -0.05) is 30.3 Å². The Balaban J connectivity index is 1.57. The second-order valence-corrected chi connectivity index (χ2v) is 10.2. The van der Waals surface area contributed by atoms with Crippen molar-refractivity contribution in [3.05, 3.63) is 78.5 Å². The van der Waals surface area contributed by atoms with Crippen LogP contribution in [0.25, 0.3) is 16.9 Å². The molecule has 4 rings (SSSR count). The van der Waals surface area contributed by atoms with E-state index in [1.807, 2.05) is 55.6 Å². The van der Waals surface area contributed by atoms with Gasteiger partial charge in [-0.2, -0.15) is 4.31 Å². The molecule has 0 unspecified atom stereocenters. The van der Waals surface area contributed by atoms with Gasteiger partial charge < -0.3 is 10.6 Å². The van der Waals surface area contributed by atoms with E-state index in [2.05, 4.69) is 15.6 Å². The lowest BCUT2D eigenvalue weighted by Crippen LogP contribution is -2.35. The first-order valence-corrected chi connectivity index (χ1v) is 12.3. The Labute approximate surface area is 203 Å². The van der Waals surface area contributed by atoms with Crippen molar-refractivity contribution in [3.8, 4) is 11.3 Å². The third-order valence-electron chi connectivity index (χ3n) is 5.34. The van der Waals surface area contributed by atoms with E-state index in [1.54, 1.807) is 4.40 Å². The van der Waals surface area contributed by atoms with Gasteiger partial charge in [0.05, 0.1) is 11.4 Å². The van der Waals surface area contributed by atoms with Crippen LogP contribution in [0.3, 0.4) is 0 Å². The van der Waals surface area contributed by atoms with Gasteiger partial charge in [-0.15, -0.1) is 0 Å². The number of sulfonamides is 1. The van der Waals surface area contributed by atoms with Crippen LogP contribution in [-0.2, 0) is 19.6 Å². The number of hydrogen-bond acceptors (Lipinski definition) is 5. The van der Waals surface area contributed by atoms with Gasteiger partial charge in [0.2, 0.25) is 21.8 Å². The number of pyridine rings is 1. The van der Waals surface area contributed by atoms with Crippen molar-refractivity contribution in [2.75, 3.05) is 24.2 Å². The SMILES string of the molecule is CC(=O)Nc1ccc(S(=O)(=O)N(C)CC(=O)Nc2c(-c3ccccc3)nc3cc(C)ccn23)cc1. The molecule has 0 aliphatic rings. The molecule has 2 aromatic carbocycles. The molecule has 0 saturated heterocycles. The Hall–Kier alpha value is -4.02. The summed E-state index contributed by atoms with van der Waals surface area (Å²) in [5.74, 6) is -0.306. The van der Waals surface area contributed by atoms with Gasteiger partial charge in [0, 0.05) is 31.4 Å². The molecule has 0 fully saturated rings. The molecule has 2 aromatic heterocycles. The van der Waals surface area contributed by atoms with E-state index >= 15 is 0 Å². The molecular weight excluding hydrogens is 466 g/mol. The fourth-order valence-corrected chi connectivity index (χ4v) is 4.74. The Bertz CT molecular complexity index is 1500. The van der Waals surface area contributed by atoms with Crippen LogP contribution in [0.1, 0.15) is 12.5 Å². The maximum absolute atomic E-state index is 13.0. The molecule has 0 bridgehead atoms. The Morgan fingerprint density at radius 2 is 1.69 bits per heavy atom. The minimum Gasteiger partial charge on any atom is -0.326 e. The van der Waals surface area contributed by atoms with Crippen molar-refractivity contribution in [2.45, 2.75) is 18.7 Å². The van der Waals surface area contributed by atoms with Gasteiger partial charge in [-0.25, -0.2) is 13.4 Å². The summed E-state index contributed by atoms with van der Waals surface area (Å²) in [6.45, 7) is 2.92. The summed E-state index contributed by atoms with van der Waals surface area (Å²) in [7, 11) is -2.59. The first kappa shape index (κ1) is 24.1. The lowest BCUT2D eigenvalue weighted by Gasteiger charge is -2.17. The van der Waals surface area contributed by atoms with Crippen molar-refractivity contribution in [2.24, 2.45) is 0 Å². The number of carbonyl (C=O) groups excluding carboxylic acids is 2. The van der Waals surface area contributed by atoms with Crippen LogP contribution in [0.5, 0.6) is 0 Å². The largest absolute Gasteiger partial charge is 0.326 e.